The molecular weight excluding hydrogens is 288 g/mol. The molecule has 23 heavy (non-hydrogen) atoms. The lowest BCUT2D eigenvalue weighted by molar-refractivity contribution is -0.118. The van der Waals surface area contributed by atoms with Crippen molar-refractivity contribution in [3.8, 4) is 0 Å². The molecule has 0 bridgehead atoms. The molecule has 122 valence electrons. The number of carbonyl (C=O) groups excluding carboxylic acids is 1. The summed E-state index contributed by atoms with van der Waals surface area (Å²) in [6, 6.07) is 10.5. The maximum Gasteiger partial charge on any atom is 0.251 e. The van der Waals surface area contributed by atoms with Crippen LogP contribution in [0.4, 0.5) is 5.69 Å². The lowest BCUT2D eigenvalue weighted by Crippen LogP contribution is -2.32. The Balaban J connectivity index is 2.34. The Morgan fingerprint density at radius 2 is 1.65 bits per heavy atom. The first-order chi connectivity index (χ1) is 11.0. The predicted molar refractivity (Wildman–Crippen MR) is 94.0 cm³/mol. The van der Waals surface area contributed by atoms with Crippen LogP contribution in [0.3, 0.4) is 0 Å². The molecule has 2 rings (SSSR count). The van der Waals surface area contributed by atoms with Gasteiger partial charge in [-0.3, -0.25) is 9.59 Å². The first kappa shape index (κ1) is 17.0. The average molecular weight is 312 g/mol. The van der Waals surface area contributed by atoms with Crippen LogP contribution in [0.5, 0.6) is 0 Å². The first-order valence-electron chi connectivity index (χ1n) is 8.09. The smallest absolute Gasteiger partial charge is 0.251 e. The molecule has 1 N–H and O–H groups in total. The number of aromatic nitrogens is 1. The summed E-state index contributed by atoms with van der Waals surface area (Å²) in [6.07, 6.45) is 1.70. The Labute approximate surface area is 137 Å². The molecule has 0 radical (unpaired) electrons. The molecule has 1 heterocycles. The van der Waals surface area contributed by atoms with Crippen LogP contribution < -0.4 is 10.9 Å². The van der Waals surface area contributed by atoms with Crippen molar-refractivity contribution < 1.29 is 4.79 Å². The van der Waals surface area contributed by atoms with Crippen LogP contribution >= 0.6 is 0 Å². The standard InChI is InChI=1S/C19H24N2O2/c1-5-15-10-8-11-16(6-2)18(15)20-19(23)14(4)21-13(3)9-7-12-17(21)22/h7-12,14H,5-6H2,1-4H3,(H,20,23). The number of amides is 1. The number of hydrogen-bond acceptors (Lipinski definition) is 2. The first-order valence-corrected chi connectivity index (χ1v) is 8.09. The predicted octanol–water partition coefficient (Wildman–Crippen LogP) is 3.48. The van der Waals surface area contributed by atoms with Gasteiger partial charge in [-0.2, -0.15) is 0 Å². The Kier molecular flexibility index (Phi) is 5.37. The summed E-state index contributed by atoms with van der Waals surface area (Å²) in [6.45, 7) is 7.73. The Morgan fingerprint density at radius 1 is 1.09 bits per heavy atom. The van der Waals surface area contributed by atoms with Crippen molar-refractivity contribution in [1.29, 1.82) is 0 Å². The number of nitrogens with zero attached hydrogens (tertiary/aromatic N) is 1. The van der Waals surface area contributed by atoms with Crippen LogP contribution in [0.25, 0.3) is 0 Å². The fourth-order valence-corrected chi connectivity index (χ4v) is 2.85. The maximum atomic E-state index is 12.7. The number of rotatable bonds is 5. The van der Waals surface area contributed by atoms with E-state index < -0.39 is 6.04 Å². The topological polar surface area (TPSA) is 51.1 Å². The van der Waals surface area contributed by atoms with Gasteiger partial charge in [0, 0.05) is 17.4 Å². The molecule has 0 aliphatic carbocycles. The van der Waals surface area contributed by atoms with Gasteiger partial charge in [-0.25, -0.2) is 0 Å². The minimum atomic E-state index is -0.557. The fraction of sp³-hybridized carbons (Fsp3) is 0.368. The maximum absolute atomic E-state index is 12.7. The van der Waals surface area contributed by atoms with Gasteiger partial charge in [0.05, 0.1) is 0 Å². The molecule has 4 nitrogen and oxygen atoms in total. The van der Waals surface area contributed by atoms with E-state index in [0.717, 1.165) is 35.3 Å². The number of nitrogens with one attached hydrogen (secondary N) is 1. The number of aryl methyl sites for hydroxylation is 3. The summed E-state index contributed by atoms with van der Waals surface area (Å²) >= 11 is 0. The largest absolute Gasteiger partial charge is 0.324 e. The van der Waals surface area contributed by atoms with Crippen molar-refractivity contribution in [3.63, 3.8) is 0 Å². The number of benzene rings is 1. The van der Waals surface area contributed by atoms with E-state index in [0.29, 0.717) is 0 Å². The van der Waals surface area contributed by atoms with Gasteiger partial charge in [-0.1, -0.05) is 38.1 Å². The highest BCUT2D eigenvalue weighted by molar-refractivity contribution is 5.95. The van der Waals surface area contributed by atoms with E-state index >= 15 is 0 Å². The summed E-state index contributed by atoms with van der Waals surface area (Å²) in [5.41, 5.74) is 3.73. The molecule has 4 heteroatoms. The van der Waals surface area contributed by atoms with Crippen LogP contribution in [0.2, 0.25) is 0 Å². The third-order valence-corrected chi connectivity index (χ3v) is 4.21. The summed E-state index contributed by atoms with van der Waals surface area (Å²) in [5, 5.41) is 3.04. The van der Waals surface area contributed by atoms with E-state index in [-0.39, 0.29) is 11.5 Å². The van der Waals surface area contributed by atoms with Crippen LogP contribution in [0, 0.1) is 6.92 Å². The summed E-state index contributed by atoms with van der Waals surface area (Å²) < 4.78 is 1.52. The van der Waals surface area contributed by atoms with Crippen LogP contribution in [-0.2, 0) is 17.6 Å². The number of anilines is 1. The van der Waals surface area contributed by atoms with Crippen LogP contribution in [0.15, 0.2) is 41.2 Å². The Morgan fingerprint density at radius 3 is 2.17 bits per heavy atom. The van der Waals surface area contributed by atoms with E-state index in [2.05, 4.69) is 19.2 Å². The molecule has 0 aliphatic heterocycles. The summed E-state index contributed by atoms with van der Waals surface area (Å²) in [4.78, 5) is 24.8. The van der Waals surface area contributed by atoms with Gasteiger partial charge in [-0.05, 0) is 43.9 Å². The lowest BCUT2D eigenvalue weighted by Gasteiger charge is -2.20. The van der Waals surface area contributed by atoms with Gasteiger partial charge in [-0.15, -0.1) is 0 Å². The van der Waals surface area contributed by atoms with Crippen LogP contribution in [0.1, 0.15) is 43.6 Å². The van der Waals surface area contributed by atoms with Crippen LogP contribution in [-0.4, -0.2) is 10.5 Å². The fourth-order valence-electron chi connectivity index (χ4n) is 2.85. The second-order valence-electron chi connectivity index (χ2n) is 5.70. The highest BCUT2D eigenvalue weighted by atomic mass is 16.2. The minimum Gasteiger partial charge on any atom is -0.324 e. The normalized spacial score (nSPS) is 12.0. The Hall–Kier alpha value is -2.36. The number of carbonyl (C=O) groups is 1. The SMILES string of the molecule is CCc1cccc(CC)c1NC(=O)C(C)n1c(C)cccc1=O. The van der Waals surface area contributed by atoms with Gasteiger partial charge in [0.25, 0.3) is 5.56 Å². The quantitative estimate of drug-likeness (QED) is 0.919. The van der Waals surface area contributed by atoms with Gasteiger partial charge in [0.1, 0.15) is 6.04 Å². The Bertz CT molecular complexity index is 740. The van der Waals surface area contributed by atoms with Crippen molar-refractivity contribution in [2.45, 2.75) is 46.6 Å². The molecule has 2 aromatic rings. The van der Waals surface area contributed by atoms with Crippen molar-refractivity contribution in [3.05, 3.63) is 63.6 Å². The molecule has 1 amide bonds. The molecule has 0 fully saturated rings. The van der Waals surface area contributed by atoms with Crippen molar-refractivity contribution >= 4 is 11.6 Å². The average Bonchev–Trinajstić information content (AvgIpc) is 2.54. The second kappa shape index (κ2) is 7.27. The zero-order valence-corrected chi connectivity index (χ0v) is 14.2. The third-order valence-electron chi connectivity index (χ3n) is 4.21. The minimum absolute atomic E-state index is 0.160. The van der Waals surface area contributed by atoms with Gasteiger partial charge in [0.2, 0.25) is 5.91 Å². The highest BCUT2D eigenvalue weighted by Gasteiger charge is 2.19. The lowest BCUT2D eigenvalue weighted by atomic mass is 10.0. The monoisotopic (exact) mass is 312 g/mol. The molecule has 1 aromatic carbocycles. The van der Waals surface area contributed by atoms with E-state index in [1.165, 1.54) is 10.6 Å². The molecular formula is C19H24N2O2. The van der Waals surface area contributed by atoms with Gasteiger partial charge >= 0.3 is 0 Å². The molecule has 1 unspecified atom stereocenters. The van der Waals surface area contributed by atoms with E-state index in [9.17, 15) is 9.59 Å². The number of pyridine rings is 1. The molecule has 1 atom stereocenters. The molecule has 0 saturated heterocycles. The summed E-state index contributed by atoms with van der Waals surface area (Å²) in [7, 11) is 0. The molecule has 1 aromatic heterocycles. The zero-order chi connectivity index (χ0) is 17.0. The molecule has 0 saturated carbocycles. The zero-order valence-electron chi connectivity index (χ0n) is 14.2. The van der Waals surface area contributed by atoms with E-state index in [1.54, 1.807) is 13.0 Å². The molecule has 0 aliphatic rings. The highest BCUT2D eigenvalue weighted by Crippen LogP contribution is 2.23. The van der Waals surface area contributed by atoms with E-state index in [1.807, 2.05) is 31.2 Å². The third kappa shape index (κ3) is 3.52. The van der Waals surface area contributed by atoms with Crippen molar-refractivity contribution in [2.75, 3.05) is 5.32 Å². The van der Waals surface area contributed by atoms with Gasteiger partial charge < -0.3 is 9.88 Å². The number of para-hydroxylation sites is 1. The van der Waals surface area contributed by atoms with Crippen molar-refractivity contribution in [2.24, 2.45) is 0 Å². The number of hydrogen-bond donors (Lipinski definition) is 1. The van der Waals surface area contributed by atoms with E-state index in [4.69, 9.17) is 0 Å². The van der Waals surface area contributed by atoms with Gasteiger partial charge in [0.15, 0.2) is 0 Å². The molecule has 0 spiro atoms. The second-order valence-corrected chi connectivity index (χ2v) is 5.70. The van der Waals surface area contributed by atoms with Crippen molar-refractivity contribution in [1.82, 2.24) is 4.57 Å². The summed E-state index contributed by atoms with van der Waals surface area (Å²) in [5.74, 6) is -0.169.